The molecule has 0 bridgehead atoms. The van der Waals surface area contributed by atoms with Gasteiger partial charge in [-0.1, -0.05) is 61.5 Å². The van der Waals surface area contributed by atoms with E-state index in [9.17, 15) is 9.59 Å². The lowest BCUT2D eigenvalue weighted by Gasteiger charge is -2.37. The maximum absolute atomic E-state index is 13.2. The summed E-state index contributed by atoms with van der Waals surface area (Å²) in [6.07, 6.45) is 1.43. The first-order valence-corrected chi connectivity index (χ1v) is 8.36. The van der Waals surface area contributed by atoms with Gasteiger partial charge in [-0.15, -0.1) is 0 Å². The zero-order chi connectivity index (χ0) is 17.1. The van der Waals surface area contributed by atoms with Crippen LogP contribution in [-0.4, -0.2) is 23.3 Å². The van der Waals surface area contributed by atoms with Crippen LogP contribution >= 0.6 is 0 Å². The molecule has 2 aromatic carbocycles. The molecular weight excluding hydrogens is 300 g/mol. The first-order valence-electron chi connectivity index (χ1n) is 8.36. The lowest BCUT2D eigenvalue weighted by molar-refractivity contribution is -0.141. The third-order valence-corrected chi connectivity index (χ3v) is 4.74. The van der Waals surface area contributed by atoms with Crippen LogP contribution in [0.15, 0.2) is 54.6 Å². The predicted octanol–water partition coefficient (Wildman–Crippen LogP) is 2.79. The van der Waals surface area contributed by atoms with Gasteiger partial charge in [0, 0.05) is 6.54 Å². The summed E-state index contributed by atoms with van der Waals surface area (Å²) in [5.41, 5.74) is 8.59. The summed E-state index contributed by atoms with van der Waals surface area (Å²) in [5, 5.41) is 0. The summed E-state index contributed by atoms with van der Waals surface area (Å²) >= 11 is 0. The molecule has 0 saturated carbocycles. The van der Waals surface area contributed by atoms with Crippen LogP contribution in [0.4, 0.5) is 0 Å². The minimum atomic E-state index is -0.680. The number of benzene rings is 2. The number of nitrogens with two attached hydrogens (primary N) is 1. The van der Waals surface area contributed by atoms with E-state index in [0.717, 1.165) is 23.1 Å². The molecule has 2 amide bonds. The van der Waals surface area contributed by atoms with Gasteiger partial charge < -0.3 is 10.6 Å². The molecule has 4 heteroatoms. The molecule has 2 atom stereocenters. The molecule has 1 aliphatic heterocycles. The first-order chi connectivity index (χ1) is 11.6. The van der Waals surface area contributed by atoms with Crippen molar-refractivity contribution in [1.82, 2.24) is 4.90 Å². The van der Waals surface area contributed by atoms with Gasteiger partial charge in [-0.05, 0) is 29.5 Å². The number of carbonyl (C=O) groups excluding carboxylic acids is 2. The molecule has 0 aliphatic carbocycles. The maximum atomic E-state index is 13.2. The number of rotatable bonds is 4. The zero-order valence-electron chi connectivity index (χ0n) is 13.8. The summed E-state index contributed by atoms with van der Waals surface area (Å²) in [6, 6.07) is 16.8. The average molecular weight is 322 g/mol. The van der Waals surface area contributed by atoms with Crippen LogP contribution in [0.3, 0.4) is 0 Å². The molecular formula is C20H22N2O2. The minimum absolute atomic E-state index is 0.0259. The summed E-state index contributed by atoms with van der Waals surface area (Å²) in [7, 11) is 0. The summed E-state index contributed by atoms with van der Waals surface area (Å²) in [4.78, 5) is 26.9. The third-order valence-electron chi connectivity index (χ3n) is 4.74. The fraction of sp³-hybridized carbons (Fsp3) is 0.300. The van der Waals surface area contributed by atoms with Crippen LogP contribution < -0.4 is 5.73 Å². The van der Waals surface area contributed by atoms with Crippen molar-refractivity contribution in [1.29, 1.82) is 0 Å². The number of amides is 2. The van der Waals surface area contributed by atoms with Gasteiger partial charge in [0.15, 0.2) is 0 Å². The number of hydrogen-bond donors (Lipinski definition) is 1. The lowest BCUT2D eigenvalue weighted by Crippen LogP contribution is -2.47. The van der Waals surface area contributed by atoms with Crippen LogP contribution in [0, 0.1) is 0 Å². The van der Waals surface area contributed by atoms with Gasteiger partial charge in [0.25, 0.3) is 0 Å². The Labute approximate surface area is 142 Å². The highest BCUT2D eigenvalue weighted by Crippen LogP contribution is 2.33. The van der Waals surface area contributed by atoms with Crippen molar-refractivity contribution in [2.45, 2.75) is 31.7 Å². The Morgan fingerprint density at radius 3 is 2.46 bits per heavy atom. The van der Waals surface area contributed by atoms with Gasteiger partial charge in [-0.2, -0.15) is 0 Å². The Bertz CT molecular complexity index is 742. The van der Waals surface area contributed by atoms with Crippen molar-refractivity contribution in [3.05, 3.63) is 71.3 Å². The zero-order valence-corrected chi connectivity index (χ0v) is 13.8. The Balaban J connectivity index is 1.95. The van der Waals surface area contributed by atoms with E-state index in [4.69, 9.17) is 5.73 Å². The fourth-order valence-electron chi connectivity index (χ4n) is 3.55. The summed E-state index contributed by atoms with van der Waals surface area (Å²) in [6.45, 7) is 2.51. The molecule has 2 N–H and O–H groups in total. The molecule has 124 valence electrons. The van der Waals surface area contributed by atoms with Crippen molar-refractivity contribution in [3.63, 3.8) is 0 Å². The highest BCUT2D eigenvalue weighted by Gasteiger charge is 2.37. The van der Waals surface area contributed by atoms with Crippen LogP contribution in [0.5, 0.6) is 0 Å². The second-order valence-electron chi connectivity index (χ2n) is 6.16. The second-order valence-corrected chi connectivity index (χ2v) is 6.16. The van der Waals surface area contributed by atoms with E-state index in [1.165, 1.54) is 0 Å². The van der Waals surface area contributed by atoms with E-state index in [1.54, 1.807) is 4.90 Å². The summed E-state index contributed by atoms with van der Waals surface area (Å²) in [5.74, 6) is -0.751. The highest BCUT2D eigenvalue weighted by atomic mass is 16.2. The van der Waals surface area contributed by atoms with E-state index in [2.05, 4.69) is 0 Å². The molecule has 1 heterocycles. The van der Waals surface area contributed by atoms with E-state index in [-0.39, 0.29) is 11.8 Å². The lowest BCUT2D eigenvalue weighted by atomic mass is 9.89. The minimum Gasteiger partial charge on any atom is -0.368 e. The van der Waals surface area contributed by atoms with Gasteiger partial charge in [-0.3, -0.25) is 9.59 Å². The van der Waals surface area contributed by atoms with Gasteiger partial charge in [-0.25, -0.2) is 0 Å². The van der Waals surface area contributed by atoms with Crippen LogP contribution in [-0.2, 0) is 16.0 Å². The molecule has 0 spiro atoms. The van der Waals surface area contributed by atoms with Gasteiger partial charge in [0.2, 0.25) is 11.8 Å². The normalized spacial score (nSPS) is 17.9. The molecule has 3 rings (SSSR count). The number of hydrogen-bond acceptors (Lipinski definition) is 2. The fourth-order valence-corrected chi connectivity index (χ4v) is 3.55. The quantitative estimate of drug-likeness (QED) is 0.941. The van der Waals surface area contributed by atoms with Gasteiger partial charge in [0.05, 0.1) is 5.92 Å². The van der Waals surface area contributed by atoms with E-state index in [1.807, 2.05) is 61.5 Å². The molecule has 0 saturated heterocycles. The molecule has 4 nitrogen and oxygen atoms in total. The molecule has 0 fully saturated rings. The van der Waals surface area contributed by atoms with Crippen LogP contribution in [0.1, 0.15) is 42.0 Å². The number of nitrogens with zero attached hydrogens (tertiary/aromatic N) is 1. The van der Waals surface area contributed by atoms with Crippen molar-refractivity contribution >= 4 is 11.8 Å². The Morgan fingerprint density at radius 1 is 1.12 bits per heavy atom. The number of fused-ring (bicyclic) bond motifs is 1. The second kappa shape index (κ2) is 6.87. The van der Waals surface area contributed by atoms with E-state index in [0.29, 0.717) is 13.0 Å². The van der Waals surface area contributed by atoms with Crippen molar-refractivity contribution in [2.75, 3.05) is 6.54 Å². The van der Waals surface area contributed by atoms with Crippen LogP contribution in [0.2, 0.25) is 0 Å². The first kappa shape index (κ1) is 16.2. The topological polar surface area (TPSA) is 63.4 Å². The molecule has 0 radical (unpaired) electrons. The average Bonchev–Trinajstić information content (AvgIpc) is 2.62. The van der Waals surface area contributed by atoms with Gasteiger partial charge in [0.1, 0.15) is 6.04 Å². The predicted molar refractivity (Wildman–Crippen MR) is 93.3 cm³/mol. The monoisotopic (exact) mass is 322 g/mol. The SMILES string of the molecule is CCC(C(=O)N1CCc2ccccc2C1C(N)=O)c1ccccc1. The maximum Gasteiger partial charge on any atom is 0.244 e. The number of primary amides is 1. The largest absolute Gasteiger partial charge is 0.368 e. The van der Waals surface area contributed by atoms with Crippen molar-refractivity contribution in [3.8, 4) is 0 Å². The Morgan fingerprint density at radius 2 is 1.79 bits per heavy atom. The van der Waals surface area contributed by atoms with Gasteiger partial charge >= 0.3 is 0 Å². The Kier molecular flexibility index (Phi) is 4.65. The number of carbonyl (C=O) groups is 2. The smallest absolute Gasteiger partial charge is 0.244 e. The van der Waals surface area contributed by atoms with Crippen LogP contribution in [0.25, 0.3) is 0 Å². The van der Waals surface area contributed by atoms with E-state index < -0.39 is 11.9 Å². The summed E-state index contributed by atoms with van der Waals surface area (Å²) < 4.78 is 0. The Hall–Kier alpha value is -2.62. The highest BCUT2D eigenvalue weighted by molar-refractivity contribution is 5.91. The molecule has 2 aromatic rings. The van der Waals surface area contributed by atoms with E-state index >= 15 is 0 Å². The third kappa shape index (κ3) is 2.92. The standard InChI is InChI=1S/C20H22N2O2/c1-2-16(14-8-4-3-5-9-14)20(24)22-13-12-15-10-6-7-11-17(15)18(22)19(21)23/h3-11,16,18H,2,12-13H2,1H3,(H2,21,23). The van der Waals surface area contributed by atoms with Crippen molar-refractivity contribution in [2.24, 2.45) is 5.73 Å². The molecule has 1 aliphatic rings. The molecule has 24 heavy (non-hydrogen) atoms. The molecule has 2 unspecified atom stereocenters. The van der Waals surface area contributed by atoms with Crippen molar-refractivity contribution < 1.29 is 9.59 Å². The molecule has 0 aromatic heterocycles.